The minimum atomic E-state index is -0.439. The van der Waals surface area contributed by atoms with E-state index in [9.17, 15) is 9.59 Å². The Hall–Kier alpha value is -4.39. The number of anilines is 1. The normalized spacial score (nSPS) is 11.2. The second kappa shape index (κ2) is 9.24. The molecule has 8 heteroatoms. The Morgan fingerprint density at radius 1 is 0.784 bits per heavy atom. The van der Waals surface area contributed by atoms with Gasteiger partial charge in [0, 0.05) is 21.7 Å². The second-order valence-electron chi connectivity index (χ2n) is 8.34. The molecule has 0 aliphatic carbocycles. The first-order chi connectivity index (χ1) is 17.9. The highest BCUT2D eigenvalue weighted by Crippen LogP contribution is 2.33. The zero-order valence-electron chi connectivity index (χ0n) is 19.0. The van der Waals surface area contributed by atoms with Crippen molar-refractivity contribution in [2.45, 2.75) is 0 Å². The van der Waals surface area contributed by atoms with Gasteiger partial charge in [0.15, 0.2) is 5.58 Å². The van der Waals surface area contributed by atoms with Crippen molar-refractivity contribution >= 4 is 56.9 Å². The largest absolute Gasteiger partial charge is 0.436 e. The molecule has 0 saturated carbocycles. The molecule has 1 amide bonds. The number of hydrogen-bond donors (Lipinski definition) is 1. The van der Waals surface area contributed by atoms with Gasteiger partial charge in [-0.05, 0) is 66.2 Å². The molecular formula is C29H16Cl2N2O4. The maximum Gasteiger partial charge on any atom is 0.344 e. The lowest BCUT2D eigenvalue weighted by molar-refractivity contribution is 0.102. The van der Waals surface area contributed by atoms with Crippen LogP contribution in [0.2, 0.25) is 10.0 Å². The number of fused-ring (bicyclic) bond motifs is 2. The van der Waals surface area contributed by atoms with Gasteiger partial charge in [-0.1, -0.05) is 53.5 Å². The van der Waals surface area contributed by atoms with E-state index in [1.54, 1.807) is 72.8 Å². The second-order valence-corrected chi connectivity index (χ2v) is 9.19. The predicted molar refractivity (Wildman–Crippen MR) is 145 cm³/mol. The third kappa shape index (κ3) is 4.48. The number of nitrogens with zero attached hydrogens (tertiary/aromatic N) is 1. The molecule has 0 atom stereocenters. The molecule has 6 rings (SSSR count). The van der Waals surface area contributed by atoms with E-state index in [4.69, 9.17) is 32.0 Å². The van der Waals surface area contributed by atoms with Crippen molar-refractivity contribution in [2.75, 3.05) is 5.32 Å². The van der Waals surface area contributed by atoms with E-state index in [-0.39, 0.29) is 5.91 Å². The van der Waals surface area contributed by atoms with E-state index >= 15 is 0 Å². The lowest BCUT2D eigenvalue weighted by atomic mass is 10.0. The lowest BCUT2D eigenvalue weighted by Gasteiger charge is -2.08. The molecule has 6 aromatic rings. The molecule has 0 aliphatic heterocycles. The Kier molecular flexibility index (Phi) is 5.75. The number of para-hydroxylation sites is 1. The van der Waals surface area contributed by atoms with Crippen LogP contribution < -0.4 is 10.9 Å². The Balaban J connectivity index is 1.25. The minimum Gasteiger partial charge on any atom is -0.436 e. The minimum absolute atomic E-state index is 0.317. The van der Waals surface area contributed by atoms with Crippen LogP contribution in [-0.4, -0.2) is 10.9 Å². The van der Waals surface area contributed by atoms with Crippen molar-refractivity contribution in [1.82, 2.24) is 4.98 Å². The highest BCUT2D eigenvalue weighted by Gasteiger charge is 2.15. The summed E-state index contributed by atoms with van der Waals surface area (Å²) >= 11 is 12.4. The number of carbonyl (C=O) groups is 1. The topological polar surface area (TPSA) is 85.3 Å². The van der Waals surface area contributed by atoms with Gasteiger partial charge in [-0.3, -0.25) is 4.79 Å². The van der Waals surface area contributed by atoms with Crippen LogP contribution in [0.3, 0.4) is 0 Å². The molecule has 0 radical (unpaired) electrons. The summed E-state index contributed by atoms with van der Waals surface area (Å²) in [5, 5.41) is 4.66. The lowest BCUT2D eigenvalue weighted by Crippen LogP contribution is -2.12. The van der Waals surface area contributed by atoms with Gasteiger partial charge in [-0.15, -0.1) is 0 Å². The summed E-state index contributed by atoms with van der Waals surface area (Å²) in [7, 11) is 0. The maximum absolute atomic E-state index is 12.9. The van der Waals surface area contributed by atoms with Crippen LogP contribution in [0, 0.1) is 0 Å². The highest BCUT2D eigenvalue weighted by molar-refractivity contribution is 6.33. The van der Waals surface area contributed by atoms with Gasteiger partial charge >= 0.3 is 5.63 Å². The summed E-state index contributed by atoms with van der Waals surface area (Å²) < 4.78 is 11.2. The first-order valence-corrected chi connectivity index (χ1v) is 12.0. The SMILES string of the molecule is O=C(Nc1ccc(Cl)c(-c2nc3cc(Cl)ccc3o2)c1)c1ccc(-c2cc3ccccc3oc2=O)cc1. The molecule has 0 spiro atoms. The van der Waals surface area contributed by atoms with E-state index in [0.717, 1.165) is 5.39 Å². The van der Waals surface area contributed by atoms with Gasteiger partial charge in [0.2, 0.25) is 5.89 Å². The molecule has 37 heavy (non-hydrogen) atoms. The monoisotopic (exact) mass is 526 g/mol. The number of amides is 1. The molecule has 0 fully saturated rings. The summed E-state index contributed by atoms with van der Waals surface area (Å²) in [4.78, 5) is 29.9. The summed E-state index contributed by atoms with van der Waals surface area (Å²) in [6, 6.07) is 26.0. The summed E-state index contributed by atoms with van der Waals surface area (Å²) in [5.74, 6) is -0.00773. The highest BCUT2D eigenvalue weighted by atomic mass is 35.5. The van der Waals surface area contributed by atoms with Gasteiger partial charge in [0.25, 0.3) is 5.91 Å². The molecule has 6 nitrogen and oxygen atoms in total. The fourth-order valence-corrected chi connectivity index (χ4v) is 4.42. The summed E-state index contributed by atoms with van der Waals surface area (Å²) in [5.41, 5.74) is 3.81. The molecule has 1 N–H and O–H groups in total. The fraction of sp³-hybridized carbons (Fsp3) is 0. The van der Waals surface area contributed by atoms with Crippen LogP contribution in [0.25, 0.3) is 44.7 Å². The smallest absolute Gasteiger partial charge is 0.344 e. The van der Waals surface area contributed by atoms with Gasteiger partial charge in [0.05, 0.1) is 16.1 Å². The maximum atomic E-state index is 12.9. The third-order valence-electron chi connectivity index (χ3n) is 5.90. The number of aromatic nitrogens is 1. The number of carbonyl (C=O) groups excluding carboxylic acids is 1. The van der Waals surface area contributed by atoms with Crippen molar-refractivity contribution in [1.29, 1.82) is 0 Å². The van der Waals surface area contributed by atoms with Gasteiger partial charge in [-0.25, -0.2) is 9.78 Å². The molecular weight excluding hydrogens is 511 g/mol. The van der Waals surface area contributed by atoms with Crippen LogP contribution in [0.15, 0.2) is 105 Å². The van der Waals surface area contributed by atoms with Crippen LogP contribution in [-0.2, 0) is 0 Å². The predicted octanol–water partition coefficient (Wildman–Crippen LogP) is 7.83. The Labute approximate surface area is 220 Å². The summed E-state index contributed by atoms with van der Waals surface area (Å²) in [6.45, 7) is 0. The molecule has 0 unspecified atom stereocenters. The molecule has 0 aliphatic rings. The fourth-order valence-electron chi connectivity index (χ4n) is 4.05. The number of benzene rings is 4. The Morgan fingerprint density at radius 2 is 1.59 bits per heavy atom. The van der Waals surface area contributed by atoms with E-state index in [0.29, 0.717) is 60.6 Å². The number of oxazole rings is 1. The quantitative estimate of drug-likeness (QED) is 0.236. The first-order valence-electron chi connectivity index (χ1n) is 11.3. The average Bonchev–Trinajstić information content (AvgIpc) is 3.32. The van der Waals surface area contributed by atoms with E-state index in [2.05, 4.69) is 10.3 Å². The Morgan fingerprint density at radius 3 is 2.43 bits per heavy atom. The van der Waals surface area contributed by atoms with Crippen molar-refractivity contribution in [3.63, 3.8) is 0 Å². The standard InChI is InChI=1S/C29H16Cl2N2O4/c30-19-9-12-26-24(14-19)33-28(36-26)22-15-20(10-11-23(22)31)32-27(34)17-7-5-16(6-8-17)21-13-18-3-1-2-4-25(18)37-29(21)35/h1-15H,(H,32,34). The third-order valence-corrected chi connectivity index (χ3v) is 6.47. The van der Waals surface area contributed by atoms with Crippen LogP contribution >= 0.6 is 23.2 Å². The van der Waals surface area contributed by atoms with Gasteiger partial charge < -0.3 is 14.2 Å². The van der Waals surface area contributed by atoms with Crippen LogP contribution in [0.1, 0.15) is 10.4 Å². The zero-order valence-corrected chi connectivity index (χ0v) is 20.5. The average molecular weight is 527 g/mol. The van der Waals surface area contributed by atoms with Crippen molar-refractivity contribution in [3.8, 4) is 22.6 Å². The van der Waals surface area contributed by atoms with E-state index in [1.165, 1.54) is 0 Å². The van der Waals surface area contributed by atoms with E-state index in [1.807, 2.05) is 18.2 Å². The van der Waals surface area contributed by atoms with Crippen LogP contribution in [0.4, 0.5) is 5.69 Å². The molecule has 4 aromatic carbocycles. The van der Waals surface area contributed by atoms with Gasteiger partial charge in [0.1, 0.15) is 11.1 Å². The zero-order chi connectivity index (χ0) is 25.5. The number of halogens is 2. The van der Waals surface area contributed by atoms with Crippen molar-refractivity contribution < 1.29 is 13.6 Å². The molecule has 2 heterocycles. The molecule has 180 valence electrons. The Bertz CT molecular complexity index is 1870. The summed E-state index contributed by atoms with van der Waals surface area (Å²) in [6.07, 6.45) is 0. The number of rotatable bonds is 4. The van der Waals surface area contributed by atoms with Crippen molar-refractivity contribution in [3.05, 3.63) is 117 Å². The molecule has 2 aromatic heterocycles. The first kappa shape index (κ1) is 23.0. The van der Waals surface area contributed by atoms with Gasteiger partial charge in [-0.2, -0.15) is 0 Å². The van der Waals surface area contributed by atoms with Crippen molar-refractivity contribution in [2.24, 2.45) is 0 Å². The molecule has 0 saturated heterocycles. The molecule has 0 bridgehead atoms. The van der Waals surface area contributed by atoms with Crippen LogP contribution in [0.5, 0.6) is 0 Å². The van der Waals surface area contributed by atoms with E-state index < -0.39 is 5.63 Å². The number of hydrogen-bond acceptors (Lipinski definition) is 5. The number of nitrogens with one attached hydrogen (secondary N) is 1.